The Labute approximate surface area is 102 Å². The van der Waals surface area contributed by atoms with Crippen LogP contribution < -0.4 is 0 Å². The number of aliphatic hydroxyl groups excluding tert-OH is 1. The lowest BCUT2D eigenvalue weighted by Crippen LogP contribution is -2.53. The Morgan fingerprint density at radius 3 is 3.00 bits per heavy atom. The standard InChI is InChI=1S/C12H22N2O3/c1-13-5-3-2-4-10(13)6-14-7-11(8-15)17-9-12(14)16/h10-11,15H,2-9H2,1H3. The molecule has 17 heavy (non-hydrogen) atoms. The zero-order chi connectivity index (χ0) is 12.3. The van der Waals surface area contributed by atoms with E-state index in [1.165, 1.54) is 12.8 Å². The van der Waals surface area contributed by atoms with Gasteiger partial charge in [-0.25, -0.2) is 0 Å². The fourth-order valence-electron chi connectivity index (χ4n) is 2.60. The molecule has 2 aliphatic heterocycles. The summed E-state index contributed by atoms with van der Waals surface area (Å²) in [5, 5.41) is 9.08. The van der Waals surface area contributed by atoms with Gasteiger partial charge in [0, 0.05) is 19.1 Å². The number of aliphatic hydroxyl groups is 1. The minimum Gasteiger partial charge on any atom is -0.394 e. The molecular formula is C12H22N2O3. The van der Waals surface area contributed by atoms with E-state index < -0.39 is 0 Å². The highest BCUT2D eigenvalue weighted by molar-refractivity contribution is 5.78. The number of hydrogen-bond acceptors (Lipinski definition) is 4. The topological polar surface area (TPSA) is 53.0 Å². The van der Waals surface area contributed by atoms with Gasteiger partial charge in [0.1, 0.15) is 6.61 Å². The van der Waals surface area contributed by atoms with Gasteiger partial charge in [-0.3, -0.25) is 4.79 Å². The number of morpholine rings is 1. The van der Waals surface area contributed by atoms with Gasteiger partial charge in [-0.15, -0.1) is 0 Å². The van der Waals surface area contributed by atoms with Gasteiger partial charge < -0.3 is 19.6 Å². The quantitative estimate of drug-likeness (QED) is 0.737. The summed E-state index contributed by atoms with van der Waals surface area (Å²) < 4.78 is 5.23. The molecule has 98 valence electrons. The Morgan fingerprint density at radius 1 is 1.47 bits per heavy atom. The largest absolute Gasteiger partial charge is 0.394 e. The van der Waals surface area contributed by atoms with E-state index in [1.54, 1.807) is 0 Å². The molecule has 2 aliphatic rings. The minimum atomic E-state index is -0.207. The molecule has 0 bridgehead atoms. The van der Waals surface area contributed by atoms with Gasteiger partial charge in [0.05, 0.1) is 12.7 Å². The number of hydrogen-bond donors (Lipinski definition) is 1. The molecule has 0 aromatic heterocycles. The molecule has 2 atom stereocenters. The van der Waals surface area contributed by atoms with Crippen LogP contribution in [-0.2, 0) is 9.53 Å². The van der Waals surface area contributed by atoms with E-state index in [9.17, 15) is 4.79 Å². The van der Waals surface area contributed by atoms with Crippen molar-refractivity contribution in [2.45, 2.75) is 31.4 Å². The highest BCUT2D eigenvalue weighted by atomic mass is 16.5. The van der Waals surface area contributed by atoms with Crippen molar-refractivity contribution >= 4 is 5.91 Å². The molecule has 0 spiro atoms. The van der Waals surface area contributed by atoms with Gasteiger partial charge in [0.25, 0.3) is 0 Å². The summed E-state index contributed by atoms with van der Waals surface area (Å²) in [7, 11) is 2.12. The van der Waals surface area contributed by atoms with Crippen LogP contribution in [-0.4, -0.2) is 72.9 Å². The Balaban J connectivity index is 1.89. The number of carbonyl (C=O) groups is 1. The summed E-state index contributed by atoms with van der Waals surface area (Å²) in [4.78, 5) is 15.9. The van der Waals surface area contributed by atoms with Crippen molar-refractivity contribution in [1.82, 2.24) is 9.80 Å². The van der Waals surface area contributed by atoms with Crippen LogP contribution in [0.25, 0.3) is 0 Å². The molecule has 5 nitrogen and oxygen atoms in total. The average Bonchev–Trinajstić information content (AvgIpc) is 2.35. The zero-order valence-electron chi connectivity index (χ0n) is 10.5. The number of ether oxygens (including phenoxy) is 1. The normalized spacial score (nSPS) is 31.9. The third kappa shape index (κ3) is 3.18. The molecule has 0 aromatic rings. The summed E-state index contributed by atoms with van der Waals surface area (Å²) in [6.45, 7) is 2.52. The van der Waals surface area contributed by atoms with Gasteiger partial charge in [0.2, 0.25) is 5.91 Å². The monoisotopic (exact) mass is 242 g/mol. The second kappa shape index (κ2) is 5.80. The highest BCUT2D eigenvalue weighted by Gasteiger charge is 2.29. The maximum absolute atomic E-state index is 11.7. The summed E-state index contributed by atoms with van der Waals surface area (Å²) in [6.07, 6.45) is 3.45. The number of nitrogens with zero attached hydrogens (tertiary/aromatic N) is 2. The summed E-state index contributed by atoms with van der Waals surface area (Å²) >= 11 is 0. The number of carbonyl (C=O) groups excluding carboxylic acids is 1. The van der Waals surface area contributed by atoms with Crippen LogP contribution in [0.4, 0.5) is 0 Å². The summed E-state index contributed by atoms with van der Waals surface area (Å²) in [6, 6.07) is 0.463. The molecule has 0 aromatic carbocycles. The number of amides is 1. The number of piperidine rings is 1. The molecule has 0 aliphatic carbocycles. The summed E-state index contributed by atoms with van der Waals surface area (Å²) in [5.74, 6) is 0.0497. The lowest BCUT2D eigenvalue weighted by atomic mass is 10.0. The minimum absolute atomic E-state index is 0.00964. The van der Waals surface area contributed by atoms with E-state index in [0.29, 0.717) is 12.6 Å². The van der Waals surface area contributed by atoms with Crippen LogP contribution in [0.2, 0.25) is 0 Å². The van der Waals surface area contributed by atoms with Crippen LogP contribution in [0.15, 0.2) is 0 Å². The van der Waals surface area contributed by atoms with E-state index in [0.717, 1.165) is 19.5 Å². The smallest absolute Gasteiger partial charge is 0.248 e. The molecular weight excluding hydrogens is 220 g/mol. The third-order valence-corrected chi connectivity index (χ3v) is 3.78. The second-order valence-electron chi connectivity index (χ2n) is 5.04. The van der Waals surface area contributed by atoms with Crippen molar-refractivity contribution in [1.29, 1.82) is 0 Å². The van der Waals surface area contributed by atoms with E-state index in [2.05, 4.69) is 11.9 Å². The van der Waals surface area contributed by atoms with E-state index >= 15 is 0 Å². The van der Waals surface area contributed by atoms with Gasteiger partial charge in [0.15, 0.2) is 0 Å². The van der Waals surface area contributed by atoms with Gasteiger partial charge in [-0.2, -0.15) is 0 Å². The zero-order valence-corrected chi connectivity index (χ0v) is 10.5. The van der Waals surface area contributed by atoms with Crippen LogP contribution >= 0.6 is 0 Å². The predicted octanol–water partition coefficient (Wildman–Crippen LogP) is -0.310. The molecule has 5 heteroatoms. The van der Waals surface area contributed by atoms with E-state index in [4.69, 9.17) is 9.84 Å². The van der Waals surface area contributed by atoms with Crippen LogP contribution in [0.5, 0.6) is 0 Å². The predicted molar refractivity (Wildman–Crippen MR) is 63.7 cm³/mol. The summed E-state index contributed by atoms with van der Waals surface area (Å²) in [5.41, 5.74) is 0. The maximum atomic E-state index is 11.7. The Morgan fingerprint density at radius 2 is 2.29 bits per heavy atom. The number of likely N-dealkylation sites (tertiary alicyclic amines) is 1. The Hall–Kier alpha value is -0.650. The Kier molecular flexibility index (Phi) is 4.36. The first kappa shape index (κ1) is 12.8. The average molecular weight is 242 g/mol. The second-order valence-corrected chi connectivity index (χ2v) is 5.04. The SMILES string of the molecule is CN1CCCCC1CN1CC(CO)OCC1=O. The third-order valence-electron chi connectivity index (χ3n) is 3.78. The first-order valence-electron chi connectivity index (χ1n) is 6.41. The van der Waals surface area contributed by atoms with Crippen LogP contribution in [0, 0.1) is 0 Å². The molecule has 2 rings (SSSR count). The van der Waals surface area contributed by atoms with Gasteiger partial charge >= 0.3 is 0 Å². The fourth-order valence-corrected chi connectivity index (χ4v) is 2.60. The van der Waals surface area contributed by atoms with E-state index in [1.807, 2.05) is 4.90 Å². The molecule has 2 heterocycles. The lowest BCUT2D eigenvalue weighted by Gasteiger charge is -2.39. The lowest BCUT2D eigenvalue weighted by molar-refractivity contribution is -0.152. The van der Waals surface area contributed by atoms with Crippen LogP contribution in [0.1, 0.15) is 19.3 Å². The fraction of sp³-hybridized carbons (Fsp3) is 0.917. The van der Waals surface area contributed by atoms with Crippen molar-refractivity contribution < 1.29 is 14.6 Å². The van der Waals surface area contributed by atoms with Crippen molar-refractivity contribution in [3.63, 3.8) is 0 Å². The van der Waals surface area contributed by atoms with Crippen molar-refractivity contribution in [2.75, 3.05) is 39.9 Å². The first-order chi connectivity index (χ1) is 8.20. The number of rotatable bonds is 3. The Bertz CT molecular complexity index is 272. The first-order valence-corrected chi connectivity index (χ1v) is 6.41. The van der Waals surface area contributed by atoms with Crippen molar-refractivity contribution in [2.24, 2.45) is 0 Å². The molecule has 0 radical (unpaired) electrons. The highest BCUT2D eigenvalue weighted by Crippen LogP contribution is 2.17. The molecule has 2 fully saturated rings. The molecule has 2 saturated heterocycles. The van der Waals surface area contributed by atoms with Crippen molar-refractivity contribution in [3.8, 4) is 0 Å². The molecule has 2 unspecified atom stereocenters. The molecule has 0 saturated carbocycles. The maximum Gasteiger partial charge on any atom is 0.248 e. The van der Waals surface area contributed by atoms with Gasteiger partial charge in [-0.05, 0) is 26.4 Å². The molecule has 1 amide bonds. The number of likely N-dealkylation sites (N-methyl/N-ethyl adjacent to an activating group) is 1. The van der Waals surface area contributed by atoms with Crippen LogP contribution in [0.3, 0.4) is 0 Å². The van der Waals surface area contributed by atoms with E-state index in [-0.39, 0.29) is 25.2 Å². The van der Waals surface area contributed by atoms with Gasteiger partial charge in [-0.1, -0.05) is 6.42 Å². The molecule has 1 N–H and O–H groups in total. The van der Waals surface area contributed by atoms with Crippen molar-refractivity contribution in [3.05, 3.63) is 0 Å².